The highest BCUT2D eigenvalue weighted by Crippen LogP contribution is 2.34. The summed E-state index contributed by atoms with van der Waals surface area (Å²) in [5, 5.41) is 1.21. The Morgan fingerprint density at radius 2 is 2.08 bits per heavy atom. The molecule has 1 aliphatic heterocycles. The maximum atomic E-state index is 13.3. The van der Waals surface area contributed by atoms with Gasteiger partial charge in [0.2, 0.25) is 5.91 Å². The lowest BCUT2D eigenvalue weighted by atomic mass is 10.2. The zero-order valence-corrected chi connectivity index (χ0v) is 16.6. The van der Waals surface area contributed by atoms with Crippen LogP contribution in [-0.4, -0.2) is 41.0 Å². The molecule has 0 spiro atoms. The number of carbonyl (C=O) groups excluding carboxylic acids is 1. The summed E-state index contributed by atoms with van der Waals surface area (Å²) in [6.45, 7) is 1.50. The average molecular weight is 406 g/mol. The van der Waals surface area contributed by atoms with Crippen molar-refractivity contribution >= 4 is 52.5 Å². The minimum Gasteiger partial charge on any atom is -0.333 e. The number of hydrogen-bond acceptors (Lipinski definition) is 3. The van der Waals surface area contributed by atoms with E-state index < -0.39 is 5.82 Å². The van der Waals surface area contributed by atoms with Crippen LogP contribution in [0, 0.1) is 5.82 Å². The molecule has 1 unspecified atom stereocenters. The van der Waals surface area contributed by atoms with Gasteiger partial charge in [-0.1, -0.05) is 36.2 Å². The van der Waals surface area contributed by atoms with Crippen LogP contribution in [0.15, 0.2) is 23.2 Å². The van der Waals surface area contributed by atoms with Crippen molar-refractivity contribution in [1.82, 2.24) is 4.90 Å². The molecule has 3 rings (SSSR count). The maximum absolute atomic E-state index is 13.3. The lowest BCUT2D eigenvalue weighted by Gasteiger charge is -2.33. The molecule has 1 aromatic rings. The molecule has 2 fully saturated rings. The highest BCUT2D eigenvalue weighted by Gasteiger charge is 2.35. The van der Waals surface area contributed by atoms with E-state index in [-0.39, 0.29) is 29.5 Å². The predicted octanol–water partition coefficient (Wildman–Crippen LogP) is 4.56. The molecule has 0 N–H and O–H groups in total. The Kier molecular flexibility index (Phi) is 7.00. The molecule has 4 nitrogen and oxygen atoms in total. The topological polar surface area (TPSA) is 35.9 Å². The number of thioether (sulfide) groups is 1. The van der Waals surface area contributed by atoms with E-state index in [4.69, 9.17) is 16.6 Å². The van der Waals surface area contributed by atoms with Crippen LogP contribution < -0.4 is 4.90 Å². The summed E-state index contributed by atoms with van der Waals surface area (Å²) in [7, 11) is 1.95. The number of nitrogens with zero attached hydrogens (tertiary/aromatic N) is 3. The number of carbonyl (C=O) groups is 1. The molecule has 1 amide bonds. The van der Waals surface area contributed by atoms with Gasteiger partial charge in [0.15, 0.2) is 5.17 Å². The van der Waals surface area contributed by atoms with E-state index in [0.29, 0.717) is 11.7 Å². The summed E-state index contributed by atoms with van der Waals surface area (Å²) in [6.07, 6.45) is 4.59. The maximum Gasteiger partial charge on any atom is 0.225 e. The van der Waals surface area contributed by atoms with E-state index in [1.807, 2.05) is 11.9 Å². The Morgan fingerprint density at radius 1 is 1.40 bits per heavy atom. The monoisotopic (exact) mass is 405 g/mol. The minimum absolute atomic E-state index is 0. The highest BCUT2D eigenvalue weighted by atomic mass is 35.5. The van der Waals surface area contributed by atoms with Crippen molar-refractivity contribution < 1.29 is 9.18 Å². The van der Waals surface area contributed by atoms with Crippen LogP contribution in [0.3, 0.4) is 0 Å². The fraction of sp³-hybridized carbons (Fsp3) is 0.529. The third kappa shape index (κ3) is 4.41. The summed E-state index contributed by atoms with van der Waals surface area (Å²) in [6, 6.07) is 4.52. The molecule has 0 radical (unpaired) electrons. The van der Waals surface area contributed by atoms with Gasteiger partial charge in [0.1, 0.15) is 12.0 Å². The van der Waals surface area contributed by atoms with Crippen molar-refractivity contribution in [3.8, 4) is 0 Å². The van der Waals surface area contributed by atoms with Crippen molar-refractivity contribution in [2.45, 2.75) is 44.8 Å². The van der Waals surface area contributed by atoms with E-state index in [1.165, 1.54) is 31.9 Å². The smallest absolute Gasteiger partial charge is 0.225 e. The van der Waals surface area contributed by atoms with Crippen molar-refractivity contribution in [3.63, 3.8) is 0 Å². The van der Waals surface area contributed by atoms with Crippen molar-refractivity contribution in [2.75, 3.05) is 17.7 Å². The third-order valence-corrected chi connectivity index (χ3v) is 5.95. The van der Waals surface area contributed by atoms with Gasteiger partial charge in [0.05, 0.1) is 16.8 Å². The second-order valence-corrected chi connectivity index (χ2v) is 7.63. The average Bonchev–Trinajstić information content (AvgIpc) is 3.14. The first-order valence-corrected chi connectivity index (χ1v) is 9.52. The quantitative estimate of drug-likeness (QED) is 0.739. The third-order valence-electron chi connectivity index (χ3n) is 4.53. The molecule has 1 aromatic carbocycles. The van der Waals surface area contributed by atoms with Crippen molar-refractivity contribution in [3.05, 3.63) is 29.0 Å². The number of amides is 1. The van der Waals surface area contributed by atoms with Gasteiger partial charge in [0.25, 0.3) is 0 Å². The number of amidine groups is 1. The van der Waals surface area contributed by atoms with Gasteiger partial charge in [-0.15, -0.1) is 12.4 Å². The zero-order chi connectivity index (χ0) is 17.3. The summed E-state index contributed by atoms with van der Waals surface area (Å²) < 4.78 is 13.3. The predicted molar refractivity (Wildman–Crippen MR) is 106 cm³/mol. The Hall–Kier alpha value is -0.980. The van der Waals surface area contributed by atoms with Gasteiger partial charge < -0.3 is 4.90 Å². The Bertz CT molecular complexity index is 667. The van der Waals surface area contributed by atoms with E-state index in [1.54, 1.807) is 22.7 Å². The second kappa shape index (κ2) is 8.60. The Morgan fingerprint density at radius 3 is 2.68 bits per heavy atom. The van der Waals surface area contributed by atoms with Gasteiger partial charge in [-0.3, -0.25) is 14.7 Å². The Labute approximate surface area is 163 Å². The van der Waals surface area contributed by atoms with E-state index >= 15 is 0 Å². The van der Waals surface area contributed by atoms with Crippen LogP contribution in [0.5, 0.6) is 0 Å². The fourth-order valence-electron chi connectivity index (χ4n) is 3.27. The van der Waals surface area contributed by atoms with Gasteiger partial charge in [-0.25, -0.2) is 4.39 Å². The number of benzene rings is 1. The number of rotatable bonds is 3. The summed E-state index contributed by atoms with van der Waals surface area (Å²) in [5.74, 6) is 0.183. The number of anilines is 1. The van der Waals surface area contributed by atoms with Gasteiger partial charge >= 0.3 is 0 Å². The van der Waals surface area contributed by atoms with Crippen LogP contribution in [-0.2, 0) is 4.79 Å². The molecule has 138 valence electrons. The molecule has 1 atom stereocenters. The highest BCUT2D eigenvalue weighted by molar-refractivity contribution is 8.14. The SMILES string of the molecule is CC(=O)N(c1ccc(F)cc1Cl)C1CSC(=NC2CCCC2)N1C.Cl. The van der Waals surface area contributed by atoms with Gasteiger partial charge in [0, 0.05) is 19.7 Å². The van der Waals surface area contributed by atoms with Crippen LogP contribution >= 0.6 is 35.8 Å². The zero-order valence-electron chi connectivity index (χ0n) is 14.2. The molecule has 0 aromatic heterocycles. The van der Waals surface area contributed by atoms with E-state index in [0.717, 1.165) is 23.8 Å². The molecule has 1 saturated heterocycles. The minimum atomic E-state index is -0.412. The van der Waals surface area contributed by atoms with Crippen molar-refractivity contribution in [1.29, 1.82) is 0 Å². The molecular formula is C17H22Cl2FN3OS. The lowest BCUT2D eigenvalue weighted by Crippen LogP contribution is -2.48. The number of hydrogen-bond donors (Lipinski definition) is 0. The number of aliphatic imine (C=N–C) groups is 1. The fourth-order valence-corrected chi connectivity index (χ4v) is 4.75. The molecule has 1 heterocycles. The first-order valence-electron chi connectivity index (χ1n) is 8.15. The lowest BCUT2D eigenvalue weighted by molar-refractivity contribution is -0.117. The normalized spacial score (nSPS) is 22.3. The first kappa shape index (κ1) is 20.3. The van der Waals surface area contributed by atoms with Crippen LogP contribution in [0.4, 0.5) is 10.1 Å². The molecule has 25 heavy (non-hydrogen) atoms. The summed E-state index contributed by atoms with van der Waals surface area (Å²) in [5.41, 5.74) is 0.533. The van der Waals surface area contributed by atoms with Gasteiger partial charge in [-0.05, 0) is 31.0 Å². The standard InChI is InChI=1S/C17H21ClFN3OS.ClH/c1-11(23)22(15-8-7-12(19)9-14(15)18)16-10-24-17(21(16)2)20-13-5-3-4-6-13;/h7-9,13,16H,3-6,10H2,1-2H3;1H. The van der Waals surface area contributed by atoms with E-state index in [9.17, 15) is 9.18 Å². The summed E-state index contributed by atoms with van der Waals surface area (Å²) in [4.78, 5) is 20.8. The first-order chi connectivity index (χ1) is 11.5. The largest absolute Gasteiger partial charge is 0.333 e. The molecular weight excluding hydrogens is 384 g/mol. The van der Waals surface area contributed by atoms with E-state index in [2.05, 4.69) is 0 Å². The van der Waals surface area contributed by atoms with Gasteiger partial charge in [-0.2, -0.15) is 0 Å². The molecule has 1 aliphatic carbocycles. The van der Waals surface area contributed by atoms with Crippen LogP contribution in [0.25, 0.3) is 0 Å². The summed E-state index contributed by atoms with van der Waals surface area (Å²) >= 11 is 7.84. The molecule has 0 bridgehead atoms. The van der Waals surface area contributed by atoms with Crippen LogP contribution in [0.2, 0.25) is 5.02 Å². The Balaban J connectivity index is 0.00000225. The molecule has 2 aliphatic rings. The molecule has 8 heteroatoms. The number of halogens is 3. The van der Waals surface area contributed by atoms with Crippen LogP contribution in [0.1, 0.15) is 32.6 Å². The van der Waals surface area contributed by atoms with Crippen molar-refractivity contribution in [2.24, 2.45) is 4.99 Å². The molecule has 1 saturated carbocycles. The second-order valence-electron chi connectivity index (χ2n) is 6.24.